The van der Waals surface area contributed by atoms with Crippen LogP contribution in [-0.4, -0.2) is 49.9 Å². The Morgan fingerprint density at radius 1 is 1.00 bits per heavy atom. The first kappa shape index (κ1) is 9.84. The summed E-state index contributed by atoms with van der Waals surface area (Å²) in [5.41, 5.74) is 0. The van der Waals surface area contributed by atoms with Crippen molar-refractivity contribution in [3.8, 4) is 0 Å². The fourth-order valence-electron chi connectivity index (χ4n) is 0.688. The van der Waals surface area contributed by atoms with E-state index in [2.05, 4.69) is 0 Å². The number of aliphatic hydroxyl groups is 2. The molecule has 0 aromatic heterocycles. The molecule has 2 N–H and O–H groups in total. The monoisotopic (exact) mass is 150 g/mol. The van der Waals surface area contributed by atoms with Crippen molar-refractivity contribution in [2.24, 2.45) is 0 Å². The third kappa shape index (κ3) is 2.62. The second kappa shape index (κ2) is 5.61. The first-order valence-corrected chi connectivity index (χ1v) is 3.07. The molecule has 0 aliphatic rings. The Balaban J connectivity index is 3.70. The summed E-state index contributed by atoms with van der Waals surface area (Å²) in [6, 6.07) is 0. The normalized spacial score (nSPS) is 16.8. The number of rotatable bonds is 5. The van der Waals surface area contributed by atoms with Crippen molar-refractivity contribution >= 4 is 0 Å². The van der Waals surface area contributed by atoms with Gasteiger partial charge in [-0.25, -0.2) is 0 Å². The molecule has 0 aliphatic heterocycles. The lowest BCUT2D eigenvalue weighted by atomic mass is 10.2. The van der Waals surface area contributed by atoms with Crippen molar-refractivity contribution in [1.29, 1.82) is 0 Å². The number of ether oxygens (including phenoxy) is 2. The Labute approximate surface area is 60.4 Å². The zero-order chi connectivity index (χ0) is 7.98. The van der Waals surface area contributed by atoms with Crippen LogP contribution in [0.5, 0.6) is 0 Å². The summed E-state index contributed by atoms with van der Waals surface area (Å²) in [7, 11) is 2.92. The fraction of sp³-hybridized carbons (Fsp3) is 1.00. The maximum Gasteiger partial charge on any atom is 0.108 e. The first-order chi connectivity index (χ1) is 4.79. The van der Waals surface area contributed by atoms with Crippen molar-refractivity contribution in [3.63, 3.8) is 0 Å². The lowest BCUT2D eigenvalue weighted by Gasteiger charge is -2.20. The van der Waals surface area contributed by atoms with Gasteiger partial charge in [0.15, 0.2) is 0 Å². The van der Waals surface area contributed by atoms with Gasteiger partial charge in [-0.3, -0.25) is 0 Å². The molecule has 0 aromatic rings. The van der Waals surface area contributed by atoms with E-state index in [-0.39, 0.29) is 13.2 Å². The molecule has 0 heterocycles. The van der Waals surface area contributed by atoms with Gasteiger partial charge in [-0.1, -0.05) is 0 Å². The van der Waals surface area contributed by atoms with Crippen molar-refractivity contribution in [1.82, 2.24) is 0 Å². The Hall–Kier alpha value is -0.160. The fourth-order valence-corrected chi connectivity index (χ4v) is 0.688. The highest BCUT2D eigenvalue weighted by molar-refractivity contribution is 4.67. The van der Waals surface area contributed by atoms with Gasteiger partial charge in [-0.2, -0.15) is 0 Å². The topological polar surface area (TPSA) is 58.9 Å². The molecule has 0 spiro atoms. The van der Waals surface area contributed by atoms with Crippen LogP contribution in [0.4, 0.5) is 0 Å². The summed E-state index contributed by atoms with van der Waals surface area (Å²) in [6.07, 6.45) is -0.870. The Bertz CT molecular complexity index is 58.1. The van der Waals surface area contributed by atoms with Crippen LogP contribution in [0.25, 0.3) is 0 Å². The van der Waals surface area contributed by atoms with E-state index in [0.29, 0.717) is 0 Å². The van der Waals surface area contributed by atoms with Crippen molar-refractivity contribution in [3.05, 3.63) is 0 Å². The minimum Gasteiger partial charge on any atom is -0.394 e. The molecule has 4 nitrogen and oxygen atoms in total. The van der Waals surface area contributed by atoms with Crippen LogP contribution >= 0.6 is 0 Å². The van der Waals surface area contributed by atoms with Gasteiger partial charge in [-0.05, 0) is 0 Å². The van der Waals surface area contributed by atoms with Crippen LogP contribution in [0, 0.1) is 0 Å². The first-order valence-electron chi connectivity index (χ1n) is 3.07. The van der Waals surface area contributed by atoms with Crippen LogP contribution in [0.2, 0.25) is 0 Å². The third-order valence-electron chi connectivity index (χ3n) is 1.38. The molecule has 0 saturated carbocycles. The zero-order valence-electron chi connectivity index (χ0n) is 6.28. The molecular weight excluding hydrogens is 136 g/mol. The molecule has 62 valence electrons. The van der Waals surface area contributed by atoms with Crippen LogP contribution < -0.4 is 0 Å². The van der Waals surface area contributed by atoms with E-state index >= 15 is 0 Å². The predicted molar refractivity (Wildman–Crippen MR) is 35.8 cm³/mol. The summed E-state index contributed by atoms with van der Waals surface area (Å²) >= 11 is 0. The van der Waals surface area contributed by atoms with E-state index in [9.17, 15) is 0 Å². The average Bonchev–Trinajstić information content (AvgIpc) is 2.00. The average molecular weight is 150 g/mol. The molecule has 0 amide bonds. The van der Waals surface area contributed by atoms with Crippen molar-refractivity contribution in [2.75, 3.05) is 27.4 Å². The Morgan fingerprint density at radius 2 is 1.30 bits per heavy atom. The van der Waals surface area contributed by atoms with Gasteiger partial charge in [0.1, 0.15) is 12.2 Å². The van der Waals surface area contributed by atoms with Gasteiger partial charge in [0.2, 0.25) is 0 Å². The molecule has 0 rings (SSSR count). The van der Waals surface area contributed by atoms with Crippen LogP contribution in [0.1, 0.15) is 0 Å². The van der Waals surface area contributed by atoms with Crippen molar-refractivity contribution < 1.29 is 19.7 Å². The third-order valence-corrected chi connectivity index (χ3v) is 1.38. The molecule has 0 aliphatic carbocycles. The Morgan fingerprint density at radius 3 is 1.40 bits per heavy atom. The van der Waals surface area contributed by atoms with Gasteiger partial charge in [0.05, 0.1) is 13.2 Å². The van der Waals surface area contributed by atoms with E-state index in [0.717, 1.165) is 0 Å². The Kier molecular flexibility index (Phi) is 5.52. The lowest BCUT2D eigenvalue weighted by Crippen LogP contribution is -2.35. The second-order valence-corrected chi connectivity index (χ2v) is 1.91. The van der Waals surface area contributed by atoms with Crippen LogP contribution in [0.3, 0.4) is 0 Å². The minimum absolute atomic E-state index is 0.143. The lowest BCUT2D eigenvalue weighted by molar-refractivity contribution is -0.0790. The SMILES string of the molecule is CO[C@H](CO)[C@@H](CO)OC. The van der Waals surface area contributed by atoms with Gasteiger partial charge in [0.25, 0.3) is 0 Å². The second-order valence-electron chi connectivity index (χ2n) is 1.91. The summed E-state index contributed by atoms with van der Waals surface area (Å²) in [6.45, 7) is -0.287. The van der Waals surface area contributed by atoms with Crippen LogP contribution in [0.15, 0.2) is 0 Å². The molecule has 0 aromatic carbocycles. The quantitative estimate of drug-likeness (QED) is 0.528. The predicted octanol–water partition coefficient (Wildman–Crippen LogP) is -0.999. The highest BCUT2D eigenvalue weighted by Crippen LogP contribution is 1.99. The summed E-state index contributed by atoms with van der Waals surface area (Å²) in [5, 5.41) is 17.3. The van der Waals surface area contributed by atoms with E-state index in [4.69, 9.17) is 19.7 Å². The van der Waals surface area contributed by atoms with E-state index in [1.54, 1.807) is 0 Å². The molecule has 0 unspecified atom stereocenters. The smallest absolute Gasteiger partial charge is 0.108 e. The summed E-state index contributed by atoms with van der Waals surface area (Å²) in [4.78, 5) is 0. The number of hydrogen-bond donors (Lipinski definition) is 2. The van der Waals surface area contributed by atoms with Gasteiger partial charge < -0.3 is 19.7 Å². The zero-order valence-corrected chi connectivity index (χ0v) is 6.28. The highest BCUT2D eigenvalue weighted by atomic mass is 16.5. The largest absolute Gasteiger partial charge is 0.394 e. The molecule has 0 radical (unpaired) electrons. The van der Waals surface area contributed by atoms with E-state index < -0.39 is 12.2 Å². The molecule has 0 saturated heterocycles. The molecule has 2 atom stereocenters. The van der Waals surface area contributed by atoms with E-state index in [1.165, 1.54) is 14.2 Å². The van der Waals surface area contributed by atoms with Crippen molar-refractivity contribution in [2.45, 2.75) is 12.2 Å². The van der Waals surface area contributed by atoms with E-state index in [1.807, 2.05) is 0 Å². The molecule has 0 fully saturated rings. The van der Waals surface area contributed by atoms with Gasteiger partial charge in [-0.15, -0.1) is 0 Å². The molecule has 4 heteroatoms. The maximum atomic E-state index is 8.64. The molecular formula is C6H14O4. The van der Waals surface area contributed by atoms with Gasteiger partial charge in [0, 0.05) is 14.2 Å². The van der Waals surface area contributed by atoms with Gasteiger partial charge >= 0.3 is 0 Å². The maximum absolute atomic E-state index is 8.64. The molecule has 10 heavy (non-hydrogen) atoms. The number of aliphatic hydroxyl groups excluding tert-OH is 2. The van der Waals surface area contributed by atoms with Crippen LogP contribution in [-0.2, 0) is 9.47 Å². The minimum atomic E-state index is -0.435. The standard InChI is InChI=1S/C6H14O4/c1-9-5(3-7)6(4-8)10-2/h5-8H,3-4H2,1-2H3/t5-,6-/m1/s1. The number of methoxy groups -OCH3 is 2. The highest BCUT2D eigenvalue weighted by Gasteiger charge is 2.18. The summed E-state index contributed by atoms with van der Waals surface area (Å²) in [5.74, 6) is 0. The number of hydrogen-bond acceptors (Lipinski definition) is 4. The summed E-state index contributed by atoms with van der Waals surface area (Å²) < 4.78 is 9.62. The molecule has 0 bridgehead atoms.